The number of nitrogens with zero attached hydrogens (tertiary/aromatic N) is 2. The van der Waals surface area contributed by atoms with Crippen LogP contribution in [-0.2, 0) is 11.3 Å². The highest BCUT2D eigenvalue weighted by Gasteiger charge is 2.08. The Kier molecular flexibility index (Phi) is 8.69. The van der Waals surface area contributed by atoms with Gasteiger partial charge in [-0.15, -0.1) is 0 Å². The first-order valence-electron chi connectivity index (χ1n) is 7.77. The van der Waals surface area contributed by atoms with E-state index in [2.05, 4.69) is 27.5 Å². The lowest BCUT2D eigenvalue weighted by molar-refractivity contribution is 0.128. The molecule has 6 heteroatoms. The number of nitrogens with one attached hydrogen (secondary N) is 2. The van der Waals surface area contributed by atoms with Gasteiger partial charge in [0.15, 0.2) is 5.82 Å². The fraction of sp³-hybridized carbons (Fsp3) is 0.733. The van der Waals surface area contributed by atoms with Gasteiger partial charge in [0.1, 0.15) is 18.2 Å². The van der Waals surface area contributed by atoms with Crippen molar-refractivity contribution in [2.45, 2.75) is 40.2 Å². The molecule has 1 aromatic rings. The second-order valence-electron chi connectivity index (χ2n) is 4.89. The smallest absolute Gasteiger partial charge is 0.158 e. The number of ether oxygens (including phenoxy) is 1. The number of hydrogen-bond donors (Lipinski definition) is 3. The largest absolute Gasteiger partial charge is 0.396 e. The van der Waals surface area contributed by atoms with Crippen LogP contribution in [0, 0.1) is 5.92 Å². The highest BCUT2D eigenvalue weighted by Crippen LogP contribution is 2.14. The molecule has 0 fully saturated rings. The van der Waals surface area contributed by atoms with Gasteiger partial charge in [0.2, 0.25) is 0 Å². The minimum absolute atomic E-state index is 0.224. The molecular weight excluding hydrogens is 268 g/mol. The molecule has 0 spiro atoms. The summed E-state index contributed by atoms with van der Waals surface area (Å²) in [5.41, 5.74) is 0. The van der Waals surface area contributed by atoms with E-state index in [4.69, 9.17) is 9.84 Å². The molecule has 0 saturated carbocycles. The van der Waals surface area contributed by atoms with E-state index in [0.717, 1.165) is 37.6 Å². The third kappa shape index (κ3) is 6.73. The summed E-state index contributed by atoms with van der Waals surface area (Å²) >= 11 is 0. The number of hydrogen-bond acceptors (Lipinski definition) is 6. The van der Waals surface area contributed by atoms with Crippen molar-refractivity contribution < 1.29 is 9.84 Å². The maximum absolute atomic E-state index is 9.04. The van der Waals surface area contributed by atoms with E-state index in [1.807, 2.05) is 19.9 Å². The van der Waals surface area contributed by atoms with Gasteiger partial charge < -0.3 is 20.5 Å². The third-order valence-corrected chi connectivity index (χ3v) is 3.25. The highest BCUT2D eigenvalue weighted by atomic mass is 16.5. The first kappa shape index (κ1) is 17.7. The molecule has 1 atom stereocenters. The Morgan fingerprint density at radius 2 is 1.90 bits per heavy atom. The van der Waals surface area contributed by atoms with Crippen molar-refractivity contribution in [2.75, 3.05) is 36.9 Å². The summed E-state index contributed by atoms with van der Waals surface area (Å²) in [6.07, 6.45) is 1.84. The highest BCUT2D eigenvalue weighted by molar-refractivity contribution is 5.47. The first-order valence-corrected chi connectivity index (χ1v) is 7.77. The summed E-state index contributed by atoms with van der Waals surface area (Å²) in [4.78, 5) is 8.89. The first-order chi connectivity index (χ1) is 10.2. The van der Waals surface area contributed by atoms with Crippen LogP contribution in [0.3, 0.4) is 0 Å². The fourth-order valence-corrected chi connectivity index (χ4v) is 2.00. The molecule has 1 rings (SSSR count). The van der Waals surface area contributed by atoms with E-state index in [1.54, 1.807) is 0 Å². The van der Waals surface area contributed by atoms with E-state index in [-0.39, 0.29) is 6.61 Å². The number of aliphatic hydroxyl groups excluding tert-OH is 1. The molecule has 21 heavy (non-hydrogen) atoms. The minimum atomic E-state index is 0.224. The summed E-state index contributed by atoms with van der Waals surface area (Å²) in [6.45, 7) is 9.01. The topological polar surface area (TPSA) is 79.3 Å². The quantitative estimate of drug-likeness (QED) is 0.581. The average Bonchev–Trinajstić information content (AvgIpc) is 2.49. The molecular formula is C15H28N4O2. The summed E-state index contributed by atoms with van der Waals surface area (Å²) in [6, 6.07) is 1.91. The molecule has 3 N–H and O–H groups in total. The van der Waals surface area contributed by atoms with Crippen LogP contribution in [0.5, 0.6) is 0 Å². The van der Waals surface area contributed by atoms with Crippen LogP contribution in [0.2, 0.25) is 0 Å². The lowest BCUT2D eigenvalue weighted by Crippen LogP contribution is -2.17. The lowest BCUT2D eigenvalue weighted by Gasteiger charge is -2.16. The Morgan fingerprint density at radius 3 is 2.48 bits per heavy atom. The Balaban J connectivity index is 2.71. The van der Waals surface area contributed by atoms with Gasteiger partial charge in [0.25, 0.3) is 0 Å². The van der Waals surface area contributed by atoms with Crippen molar-refractivity contribution >= 4 is 11.6 Å². The maximum Gasteiger partial charge on any atom is 0.158 e. The van der Waals surface area contributed by atoms with Gasteiger partial charge in [-0.3, -0.25) is 0 Å². The van der Waals surface area contributed by atoms with E-state index >= 15 is 0 Å². The maximum atomic E-state index is 9.04. The minimum Gasteiger partial charge on any atom is -0.396 e. The van der Waals surface area contributed by atoms with Crippen molar-refractivity contribution in [2.24, 2.45) is 5.92 Å². The zero-order valence-electron chi connectivity index (χ0n) is 13.4. The molecule has 0 bridgehead atoms. The Hall–Kier alpha value is -1.40. The Labute approximate surface area is 127 Å². The molecule has 0 aliphatic carbocycles. The normalized spacial score (nSPS) is 12.2. The van der Waals surface area contributed by atoms with Crippen molar-refractivity contribution in [3.8, 4) is 0 Å². The molecule has 0 saturated heterocycles. The second-order valence-corrected chi connectivity index (χ2v) is 4.89. The molecule has 1 unspecified atom stereocenters. The third-order valence-electron chi connectivity index (χ3n) is 3.25. The zero-order chi connectivity index (χ0) is 15.5. The number of aromatic nitrogens is 2. The van der Waals surface area contributed by atoms with Crippen molar-refractivity contribution in [3.63, 3.8) is 0 Å². The molecule has 120 valence electrons. The van der Waals surface area contributed by atoms with Crippen LogP contribution in [0.15, 0.2) is 6.07 Å². The second kappa shape index (κ2) is 10.3. The van der Waals surface area contributed by atoms with Gasteiger partial charge >= 0.3 is 0 Å². The number of rotatable bonds is 11. The fourth-order valence-electron chi connectivity index (χ4n) is 2.00. The molecule has 0 radical (unpaired) electrons. The summed E-state index contributed by atoms with van der Waals surface area (Å²) in [5.74, 6) is 2.72. The van der Waals surface area contributed by atoms with Crippen molar-refractivity contribution in [3.05, 3.63) is 11.9 Å². The van der Waals surface area contributed by atoms with E-state index < -0.39 is 0 Å². The van der Waals surface area contributed by atoms with Gasteiger partial charge in [-0.2, -0.15) is 0 Å². The van der Waals surface area contributed by atoms with E-state index in [1.165, 1.54) is 0 Å². The van der Waals surface area contributed by atoms with Crippen LogP contribution in [0.1, 0.15) is 39.4 Å². The van der Waals surface area contributed by atoms with E-state index in [9.17, 15) is 0 Å². The zero-order valence-corrected chi connectivity index (χ0v) is 13.4. The molecule has 0 aromatic carbocycles. The van der Waals surface area contributed by atoms with Crippen molar-refractivity contribution in [1.29, 1.82) is 0 Å². The molecule has 0 amide bonds. The number of aliphatic hydroxyl groups is 1. The SMILES string of the molecule is CCNc1cc(NCC(CC)CCO)nc(COCC)n1. The van der Waals surface area contributed by atoms with E-state index in [0.29, 0.717) is 25.0 Å². The summed E-state index contributed by atoms with van der Waals surface area (Å²) in [7, 11) is 0. The average molecular weight is 296 g/mol. The molecule has 1 aromatic heterocycles. The van der Waals surface area contributed by atoms with Gasteiger partial charge in [-0.1, -0.05) is 13.3 Å². The number of anilines is 2. The standard InChI is InChI=1S/C15H28N4O2/c1-4-12(7-8-20)10-17-14-9-13(16-5-2)18-15(19-14)11-21-6-3/h9,12,20H,4-8,10-11H2,1-3H3,(H2,16,17,18,19). The molecule has 1 heterocycles. The monoisotopic (exact) mass is 296 g/mol. The van der Waals surface area contributed by atoms with Crippen LogP contribution in [0.4, 0.5) is 11.6 Å². The predicted molar refractivity (Wildman–Crippen MR) is 85.5 cm³/mol. The Morgan fingerprint density at radius 1 is 1.19 bits per heavy atom. The van der Waals surface area contributed by atoms with Gasteiger partial charge in [-0.05, 0) is 26.2 Å². The molecule has 6 nitrogen and oxygen atoms in total. The van der Waals surface area contributed by atoms with Crippen LogP contribution >= 0.6 is 0 Å². The Bertz CT molecular complexity index is 401. The van der Waals surface area contributed by atoms with Gasteiger partial charge in [-0.25, -0.2) is 9.97 Å². The predicted octanol–water partition coefficient (Wildman–Crippen LogP) is 2.27. The van der Waals surface area contributed by atoms with Gasteiger partial charge in [0, 0.05) is 32.4 Å². The molecule has 0 aliphatic heterocycles. The lowest BCUT2D eigenvalue weighted by atomic mass is 10.0. The molecule has 0 aliphatic rings. The summed E-state index contributed by atoms with van der Waals surface area (Å²) in [5, 5.41) is 15.6. The summed E-state index contributed by atoms with van der Waals surface area (Å²) < 4.78 is 5.38. The van der Waals surface area contributed by atoms with Crippen LogP contribution < -0.4 is 10.6 Å². The van der Waals surface area contributed by atoms with Gasteiger partial charge in [0.05, 0.1) is 0 Å². The van der Waals surface area contributed by atoms with Crippen LogP contribution in [-0.4, -0.2) is 41.4 Å². The van der Waals surface area contributed by atoms with Crippen LogP contribution in [0.25, 0.3) is 0 Å². The van der Waals surface area contributed by atoms with Crippen molar-refractivity contribution in [1.82, 2.24) is 9.97 Å².